The largest absolute Gasteiger partial charge is 0.385 e. The van der Waals surface area contributed by atoms with Crippen LogP contribution in [0.5, 0.6) is 0 Å². The number of aryl methyl sites for hydroxylation is 3. The van der Waals surface area contributed by atoms with Gasteiger partial charge in [0.2, 0.25) is 0 Å². The monoisotopic (exact) mass is 277 g/mol. The molecule has 0 bridgehead atoms. The van der Waals surface area contributed by atoms with Gasteiger partial charge in [-0.25, -0.2) is 0 Å². The van der Waals surface area contributed by atoms with Gasteiger partial charge in [-0.1, -0.05) is 17.7 Å². The Hall–Kier alpha value is -1.39. The van der Waals surface area contributed by atoms with Crippen LogP contribution in [-0.2, 0) is 4.74 Å². The first-order chi connectivity index (χ1) is 9.33. The molecule has 1 aliphatic rings. The van der Waals surface area contributed by atoms with Crippen molar-refractivity contribution in [2.24, 2.45) is 0 Å². The number of carbonyl (C=O) groups is 1. The van der Waals surface area contributed by atoms with Gasteiger partial charge in [-0.05, 0) is 38.8 Å². The van der Waals surface area contributed by atoms with E-state index in [0.717, 1.165) is 16.7 Å². The average molecular weight is 277 g/mol. The second-order valence-corrected chi connectivity index (χ2v) is 5.82. The molecule has 20 heavy (non-hydrogen) atoms. The van der Waals surface area contributed by atoms with Crippen LogP contribution in [0.2, 0.25) is 0 Å². The topological polar surface area (TPSA) is 58.6 Å². The van der Waals surface area contributed by atoms with Gasteiger partial charge in [-0.3, -0.25) is 4.79 Å². The maximum Gasteiger partial charge on any atom is 0.251 e. The van der Waals surface area contributed by atoms with Crippen LogP contribution in [0.4, 0.5) is 0 Å². The fraction of sp³-hybridized carbons (Fsp3) is 0.562. The van der Waals surface area contributed by atoms with Gasteiger partial charge in [0.15, 0.2) is 0 Å². The first-order valence-corrected chi connectivity index (χ1v) is 7.03. The predicted molar refractivity (Wildman–Crippen MR) is 78.0 cm³/mol. The highest BCUT2D eigenvalue weighted by Crippen LogP contribution is 2.25. The molecule has 1 fully saturated rings. The van der Waals surface area contributed by atoms with Crippen molar-refractivity contribution in [2.75, 3.05) is 13.2 Å². The molecule has 2 atom stereocenters. The van der Waals surface area contributed by atoms with Crippen LogP contribution in [-0.4, -0.2) is 35.9 Å². The highest BCUT2D eigenvalue weighted by molar-refractivity contribution is 5.97. The number of rotatable bonds is 3. The molecule has 4 heteroatoms. The van der Waals surface area contributed by atoms with Crippen molar-refractivity contribution >= 4 is 5.91 Å². The van der Waals surface area contributed by atoms with E-state index in [1.165, 1.54) is 0 Å². The zero-order valence-corrected chi connectivity index (χ0v) is 12.6. The Morgan fingerprint density at radius 2 is 2.00 bits per heavy atom. The fourth-order valence-corrected chi connectivity index (χ4v) is 2.86. The zero-order valence-electron chi connectivity index (χ0n) is 12.6. The lowest BCUT2D eigenvalue weighted by Crippen LogP contribution is -2.47. The Bertz CT molecular complexity index is 503. The van der Waals surface area contributed by atoms with E-state index in [1.54, 1.807) is 0 Å². The lowest BCUT2D eigenvalue weighted by atomic mass is 9.95. The van der Waals surface area contributed by atoms with Crippen LogP contribution in [0.1, 0.15) is 40.4 Å². The molecule has 0 aliphatic carbocycles. The maximum absolute atomic E-state index is 12.3. The first kappa shape index (κ1) is 15.0. The summed E-state index contributed by atoms with van der Waals surface area (Å²) in [5, 5.41) is 13.2. The second-order valence-electron chi connectivity index (χ2n) is 5.82. The predicted octanol–water partition coefficient (Wildman–Crippen LogP) is 1.88. The molecule has 0 spiro atoms. The Labute approximate surface area is 120 Å². The Morgan fingerprint density at radius 1 is 1.40 bits per heavy atom. The van der Waals surface area contributed by atoms with Gasteiger partial charge >= 0.3 is 0 Å². The third kappa shape index (κ3) is 2.86. The summed E-state index contributed by atoms with van der Waals surface area (Å²) in [6, 6.07) is 4.00. The molecule has 1 heterocycles. The number of carbonyl (C=O) groups excluding carboxylic acids is 1. The summed E-state index contributed by atoms with van der Waals surface area (Å²) in [5.41, 5.74) is 2.81. The molecule has 2 N–H and O–H groups in total. The van der Waals surface area contributed by atoms with Crippen LogP contribution < -0.4 is 5.32 Å². The minimum Gasteiger partial charge on any atom is -0.385 e. The molecule has 1 aromatic carbocycles. The molecule has 1 aromatic rings. The van der Waals surface area contributed by atoms with Gasteiger partial charge in [-0.15, -0.1) is 0 Å². The summed E-state index contributed by atoms with van der Waals surface area (Å²) in [6.07, 6.45) is 0.309. The van der Waals surface area contributed by atoms with Crippen molar-refractivity contribution in [3.8, 4) is 0 Å². The van der Waals surface area contributed by atoms with Crippen LogP contribution >= 0.6 is 0 Å². The first-order valence-electron chi connectivity index (χ1n) is 7.03. The molecule has 1 amide bonds. The molecular weight excluding hydrogens is 254 g/mol. The van der Waals surface area contributed by atoms with E-state index in [0.29, 0.717) is 18.6 Å². The van der Waals surface area contributed by atoms with Gasteiger partial charge in [-0.2, -0.15) is 0 Å². The molecular formula is C16H23NO3. The van der Waals surface area contributed by atoms with Crippen molar-refractivity contribution in [1.82, 2.24) is 5.32 Å². The minimum absolute atomic E-state index is 0.132. The molecule has 1 aliphatic heterocycles. The number of hydrogen-bond donors (Lipinski definition) is 2. The Balaban J connectivity index is 2.10. The number of aliphatic hydroxyl groups is 1. The van der Waals surface area contributed by atoms with Crippen molar-refractivity contribution in [1.29, 1.82) is 0 Å². The van der Waals surface area contributed by atoms with Gasteiger partial charge in [0, 0.05) is 25.1 Å². The average Bonchev–Trinajstić information content (AvgIpc) is 2.66. The number of nitrogens with one attached hydrogen (secondary N) is 1. The highest BCUT2D eigenvalue weighted by atomic mass is 16.5. The number of hydrogen-bond acceptors (Lipinski definition) is 3. The summed E-state index contributed by atoms with van der Waals surface area (Å²) >= 11 is 0. The Morgan fingerprint density at radius 3 is 2.50 bits per heavy atom. The quantitative estimate of drug-likeness (QED) is 0.887. The lowest BCUT2D eigenvalue weighted by Gasteiger charge is -2.26. The van der Waals surface area contributed by atoms with Gasteiger partial charge < -0.3 is 15.2 Å². The van der Waals surface area contributed by atoms with Crippen LogP contribution in [0.3, 0.4) is 0 Å². The second kappa shape index (κ2) is 5.54. The van der Waals surface area contributed by atoms with Gasteiger partial charge in [0.05, 0.1) is 6.10 Å². The SMILES string of the molecule is Cc1cc(C)c(C(=O)NCC2(O)CCOC2C)c(C)c1. The molecule has 0 saturated carbocycles. The van der Waals surface area contributed by atoms with E-state index in [2.05, 4.69) is 5.32 Å². The zero-order chi connectivity index (χ0) is 14.9. The smallest absolute Gasteiger partial charge is 0.251 e. The van der Waals surface area contributed by atoms with Crippen molar-refractivity contribution < 1.29 is 14.6 Å². The number of amides is 1. The van der Waals surface area contributed by atoms with E-state index in [4.69, 9.17) is 4.74 Å². The van der Waals surface area contributed by atoms with Crippen molar-refractivity contribution in [3.63, 3.8) is 0 Å². The summed E-state index contributed by atoms with van der Waals surface area (Å²) in [5.74, 6) is -0.132. The van der Waals surface area contributed by atoms with Crippen LogP contribution in [0.25, 0.3) is 0 Å². The van der Waals surface area contributed by atoms with Crippen LogP contribution in [0, 0.1) is 20.8 Å². The summed E-state index contributed by atoms with van der Waals surface area (Å²) in [7, 11) is 0. The fourth-order valence-electron chi connectivity index (χ4n) is 2.86. The van der Waals surface area contributed by atoms with Crippen LogP contribution in [0.15, 0.2) is 12.1 Å². The van der Waals surface area contributed by atoms with E-state index in [9.17, 15) is 9.90 Å². The summed E-state index contributed by atoms with van der Waals surface area (Å²) in [6.45, 7) is 8.48. The summed E-state index contributed by atoms with van der Waals surface area (Å²) < 4.78 is 5.37. The number of ether oxygens (including phenoxy) is 1. The van der Waals surface area contributed by atoms with E-state index >= 15 is 0 Å². The Kier molecular flexibility index (Phi) is 4.16. The molecule has 2 unspecified atom stereocenters. The van der Waals surface area contributed by atoms with E-state index < -0.39 is 5.60 Å². The van der Waals surface area contributed by atoms with Crippen molar-refractivity contribution in [3.05, 3.63) is 34.4 Å². The van der Waals surface area contributed by atoms with Gasteiger partial charge in [0.25, 0.3) is 5.91 Å². The van der Waals surface area contributed by atoms with E-state index in [-0.39, 0.29) is 18.6 Å². The molecule has 0 aromatic heterocycles. The summed E-state index contributed by atoms with van der Waals surface area (Å²) in [4.78, 5) is 12.3. The third-order valence-electron chi connectivity index (χ3n) is 4.12. The van der Waals surface area contributed by atoms with Gasteiger partial charge in [0.1, 0.15) is 5.60 Å². The molecule has 2 rings (SSSR count). The molecule has 110 valence electrons. The molecule has 0 radical (unpaired) electrons. The standard InChI is InChI=1S/C16H23NO3/c1-10-7-11(2)14(12(3)8-10)15(18)17-9-16(19)5-6-20-13(16)4/h7-8,13,19H,5-6,9H2,1-4H3,(H,17,18). The van der Waals surface area contributed by atoms with Crippen molar-refractivity contribution in [2.45, 2.75) is 45.8 Å². The molecule has 1 saturated heterocycles. The minimum atomic E-state index is -0.956. The maximum atomic E-state index is 12.3. The highest BCUT2D eigenvalue weighted by Gasteiger charge is 2.39. The molecule has 4 nitrogen and oxygen atoms in total. The normalized spacial score (nSPS) is 25.8. The lowest BCUT2D eigenvalue weighted by molar-refractivity contribution is -0.0251. The number of benzene rings is 1. The third-order valence-corrected chi connectivity index (χ3v) is 4.12. The van der Waals surface area contributed by atoms with E-state index in [1.807, 2.05) is 39.8 Å².